The summed E-state index contributed by atoms with van der Waals surface area (Å²) in [5, 5.41) is 7.45. The molecule has 1 rings (SSSR count). The Bertz CT molecular complexity index is 369. The predicted octanol–water partition coefficient (Wildman–Crippen LogP) is 1.78. The highest BCUT2D eigenvalue weighted by atomic mass is 16.1. The Morgan fingerprint density at radius 2 is 2.15 bits per heavy atom. The number of rotatable bonds is 2. The normalized spacial score (nSPS) is 9.69. The molecule has 0 radical (unpaired) electrons. The van der Waals surface area contributed by atoms with Gasteiger partial charge in [-0.2, -0.15) is 0 Å². The van der Waals surface area contributed by atoms with Gasteiger partial charge in [-0.3, -0.25) is 4.79 Å². The zero-order chi connectivity index (χ0) is 10.0. The van der Waals surface area contributed by atoms with Crippen LogP contribution >= 0.6 is 0 Å². The van der Waals surface area contributed by atoms with E-state index in [1.807, 2.05) is 6.92 Å². The molecule has 0 saturated carbocycles. The van der Waals surface area contributed by atoms with Crippen molar-refractivity contribution in [1.82, 2.24) is 0 Å². The van der Waals surface area contributed by atoms with Crippen LogP contribution in [0, 0.1) is 12.3 Å². The quantitative estimate of drug-likeness (QED) is 0.409. The molecule has 3 N–H and O–H groups in total. The molecule has 13 heavy (non-hydrogen) atoms. The van der Waals surface area contributed by atoms with E-state index in [-0.39, 0.29) is 0 Å². The molecule has 0 aliphatic heterocycles. The molecule has 0 aliphatic carbocycles. The van der Waals surface area contributed by atoms with E-state index in [4.69, 9.17) is 11.1 Å². The smallest absolute Gasteiger partial charge is 0.150 e. The predicted molar refractivity (Wildman–Crippen MR) is 53.5 cm³/mol. The number of anilines is 1. The first-order chi connectivity index (χ1) is 6.06. The molecule has 1 aromatic carbocycles. The van der Waals surface area contributed by atoms with Crippen LogP contribution in [0.25, 0.3) is 0 Å². The number of aryl methyl sites for hydroxylation is 1. The van der Waals surface area contributed by atoms with Crippen molar-refractivity contribution in [2.45, 2.75) is 13.8 Å². The minimum atomic E-state index is 0.379. The second-order valence-electron chi connectivity index (χ2n) is 3.04. The van der Waals surface area contributed by atoms with E-state index in [1.165, 1.54) is 0 Å². The van der Waals surface area contributed by atoms with Gasteiger partial charge in [-0.05, 0) is 31.5 Å². The zero-order valence-electron chi connectivity index (χ0n) is 7.72. The van der Waals surface area contributed by atoms with Crippen LogP contribution in [0.4, 0.5) is 5.69 Å². The number of benzene rings is 1. The largest absolute Gasteiger partial charge is 0.398 e. The Hall–Kier alpha value is -1.64. The molecule has 0 heterocycles. The third-order valence-electron chi connectivity index (χ3n) is 1.95. The van der Waals surface area contributed by atoms with Gasteiger partial charge in [-0.25, -0.2) is 0 Å². The van der Waals surface area contributed by atoms with Crippen molar-refractivity contribution < 1.29 is 4.79 Å². The Morgan fingerprint density at radius 1 is 1.54 bits per heavy atom. The summed E-state index contributed by atoms with van der Waals surface area (Å²) in [6.45, 7) is 3.48. The average Bonchev–Trinajstić information content (AvgIpc) is 2.09. The minimum absolute atomic E-state index is 0.379. The fraction of sp³-hybridized carbons (Fsp3) is 0.200. The van der Waals surface area contributed by atoms with Crippen molar-refractivity contribution in [2.75, 3.05) is 5.73 Å². The fourth-order valence-corrected chi connectivity index (χ4v) is 1.20. The summed E-state index contributed by atoms with van der Waals surface area (Å²) in [5.74, 6) is 0. The Balaban J connectivity index is 3.41. The molecule has 68 valence electrons. The maximum atomic E-state index is 10.5. The molecule has 0 unspecified atom stereocenters. The van der Waals surface area contributed by atoms with Crippen LogP contribution in [0.1, 0.15) is 28.4 Å². The van der Waals surface area contributed by atoms with Gasteiger partial charge in [0.1, 0.15) is 6.29 Å². The number of hydrogen-bond acceptors (Lipinski definition) is 3. The summed E-state index contributed by atoms with van der Waals surface area (Å²) in [6.07, 6.45) is 0.763. The highest BCUT2D eigenvalue weighted by Crippen LogP contribution is 2.19. The van der Waals surface area contributed by atoms with E-state index in [2.05, 4.69) is 0 Å². The van der Waals surface area contributed by atoms with Crippen molar-refractivity contribution in [3.63, 3.8) is 0 Å². The molecule has 0 bridgehead atoms. The van der Waals surface area contributed by atoms with Crippen LogP contribution in [0.5, 0.6) is 0 Å². The van der Waals surface area contributed by atoms with E-state index in [9.17, 15) is 4.79 Å². The maximum absolute atomic E-state index is 10.5. The second-order valence-corrected chi connectivity index (χ2v) is 3.04. The van der Waals surface area contributed by atoms with Crippen molar-refractivity contribution in [2.24, 2.45) is 0 Å². The summed E-state index contributed by atoms with van der Waals surface area (Å²) in [4.78, 5) is 10.5. The highest BCUT2D eigenvalue weighted by Gasteiger charge is 2.06. The molecular formula is C10H12N2O. The molecular weight excluding hydrogens is 164 g/mol. The van der Waals surface area contributed by atoms with E-state index >= 15 is 0 Å². The summed E-state index contributed by atoms with van der Waals surface area (Å²) < 4.78 is 0. The van der Waals surface area contributed by atoms with Crippen molar-refractivity contribution in [3.8, 4) is 0 Å². The first-order valence-corrected chi connectivity index (χ1v) is 3.97. The van der Waals surface area contributed by atoms with Gasteiger partial charge < -0.3 is 11.1 Å². The fourth-order valence-electron chi connectivity index (χ4n) is 1.20. The SMILES string of the molecule is CC(=N)c1cc(C=O)cc(C)c1N. The lowest BCUT2D eigenvalue weighted by molar-refractivity contribution is 0.112. The first kappa shape index (κ1) is 9.45. The maximum Gasteiger partial charge on any atom is 0.150 e. The van der Waals surface area contributed by atoms with Gasteiger partial charge in [-0.15, -0.1) is 0 Å². The first-order valence-electron chi connectivity index (χ1n) is 3.97. The lowest BCUT2D eigenvalue weighted by Gasteiger charge is -2.07. The Labute approximate surface area is 77.1 Å². The van der Waals surface area contributed by atoms with Gasteiger partial charge >= 0.3 is 0 Å². The van der Waals surface area contributed by atoms with Crippen molar-refractivity contribution in [3.05, 3.63) is 28.8 Å². The number of nitrogens with two attached hydrogens (primary N) is 1. The van der Waals surface area contributed by atoms with Crippen LogP contribution in [-0.2, 0) is 0 Å². The van der Waals surface area contributed by atoms with Gasteiger partial charge in [0.2, 0.25) is 0 Å². The summed E-state index contributed by atoms with van der Waals surface area (Å²) in [6, 6.07) is 3.35. The topological polar surface area (TPSA) is 66.9 Å². The lowest BCUT2D eigenvalue weighted by atomic mass is 10.0. The van der Waals surface area contributed by atoms with Crippen LogP contribution in [0.2, 0.25) is 0 Å². The van der Waals surface area contributed by atoms with E-state index < -0.39 is 0 Å². The third-order valence-corrected chi connectivity index (χ3v) is 1.95. The molecule has 0 aliphatic rings. The molecule has 0 atom stereocenters. The monoisotopic (exact) mass is 176 g/mol. The van der Waals surface area contributed by atoms with Crippen molar-refractivity contribution in [1.29, 1.82) is 5.41 Å². The van der Waals surface area contributed by atoms with Gasteiger partial charge in [0.25, 0.3) is 0 Å². The van der Waals surface area contributed by atoms with Gasteiger partial charge in [0, 0.05) is 22.5 Å². The summed E-state index contributed by atoms with van der Waals surface area (Å²) in [5.41, 5.74) is 8.75. The number of aldehydes is 1. The molecule has 1 aromatic rings. The molecule has 3 heteroatoms. The number of nitrogen functional groups attached to an aromatic ring is 1. The Morgan fingerprint density at radius 3 is 2.62 bits per heavy atom. The van der Waals surface area contributed by atoms with Crippen LogP contribution in [-0.4, -0.2) is 12.0 Å². The Kier molecular flexibility index (Phi) is 2.46. The number of nitrogens with one attached hydrogen (secondary N) is 1. The van der Waals surface area contributed by atoms with E-state index in [0.29, 0.717) is 22.5 Å². The van der Waals surface area contributed by atoms with Crippen LogP contribution in [0.3, 0.4) is 0 Å². The molecule has 0 aromatic heterocycles. The summed E-state index contributed by atoms with van der Waals surface area (Å²) >= 11 is 0. The lowest BCUT2D eigenvalue weighted by Crippen LogP contribution is -2.03. The second kappa shape index (κ2) is 3.39. The molecule has 0 saturated heterocycles. The number of hydrogen-bond donors (Lipinski definition) is 2. The standard InChI is InChI=1S/C10H12N2O/c1-6-3-8(5-13)4-9(7(2)11)10(6)12/h3-5,11H,12H2,1-2H3. The number of carbonyl (C=O) groups is 1. The van der Waals surface area contributed by atoms with Gasteiger partial charge in [0.05, 0.1) is 0 Å². The highest BCUT2D eigenvalue weighted by molar-refractivity contribution is 6.02. The van der Waals surface area contributed by atoms with Gasteiger partial charge in [-0.1, -0.05) is 0 Å². The van der Waals surface area contributed by atoms with Crippen LogP contribution in [0.15, 0.2) is 12.1 Å². The minimum Gasteiger partial charge on any atom is -0.398 e. The number of carbonyl (C=O) groups excluding carboxylic acids is 1. The van der Waals surface area contributed by atoms with E-state index in [0.717, 1.165) is 11.8 Å². The van der Waals surface area contributed by atoms with E-state index in [1.54, 1.807) is 19.1 Å². The average molecular weight is 176 g/mol. The molecule has 3 nitrogen and oxygen atoms in total. The van der Waals surface area contributed by atoms with Gasteiger partial charge in [0.15, 0.2) is 0 Å². The summed E-state index contributed by atoms with van der Waals surface area (Å²) in [7, 11) is 0. The van der Waals surface area contributed by atoms with Crippen molar-refractivity contribution >= 4 is 17.7 Å². The third kappa shape index (κ3) is 1.75. The zero-order valence-corrected chi connectivity index (χ0v) is 7.72. The van der Waals surface area contributed by atoms with Crippen LogP contribution < -0.4 is 5.73 Å². The molecule has 0 spiro atoms. The molecule has 0 fully saturated rings. The molecule has 0 amide bonds.